The van der Waals surface area contributed by atoms with Crippen LogP contribution in [-0.2, 0) is 6.54 Å². The highest BCUT2D eigenvalue weighted by Crippen LogP contribution is 2.17. The van der Waals surface area contributed by atoms with Gasteiger partial charge in [-0.05, 0) is 72.6 Å². The second-order valence-electron chi connectivity index (χ2n) is 5.19. The molecule has 0 aliphatic rings. The van der Waals surface area contributed by atoms with Crippen molar-refractivity contribution in [3.63, 3.8) is 0 Å². The van der Waals surface area contributed by atoms with Crippen molar-refractivity contribution < 1.29 is 0 Å². The molecule has 3 N–H and O–H groups in total. The van der Waals surface area contributed by atoms with E-state index in [4.69, 9.17) is 12.2 Å². The SMILES string of the molecule is Cc1cc2cc(CNC(=S)Nc3ccc(Br)cc3)ccc2[nH]1. The fourth-order valence-electron chi connectivity index (χ4n) is 2.33. The first-order chi connectivity index (χ1) is 10.6. The van der Waals surface area contributed by atoms with Gasteiger partial charge in [-0.2, -0.15) is 0 Å². The molecule has 112 valence electrons. The Bertz CT molecular complexity index is 808. The van der Waals surface area contributed by atoms with E-state index >= 15 is 0 Å². The van der Waals surface area contributed by atoms with E-state index in [9.17, 15) is 0 Å². The van der Waals surface area contributed by atoms with Crippen LogP contribution in [0.15, 0.2) is 53.0 Å². The predicted molar refractivity (Wildman–Crippen MR) is 100 cm³/mol. The average Bonchev–Trinajstić information content (AvgIpc) is 2.87. The molecule has 1 aromatic heterocycles. The number of hydrogen-bond acceptors (Lipinski definition) is 1. The van der Waals surface area contributed by atoms with Crippen molar-refractivity contribution in [2.75, 3.05) is 5.32 Å². The van der Waals surface area contributed by atoms with Crippen molar-refractivity contribution in [2.24, 2.45) is 0 Å². The molecule has 3 nitrogen and oxygen atoms in total. The zero-order chi connectivity index (χ0) is 15.5. The fourth-order valence-corrected chi connectivity index (χ4v) is 2.78. The summed E-state index contributed by atoms with van der Waals surface area (Å²) < 4.78 is 1.05. The maximum atomic E-state index is 5.33. The summed E-state index contributed by atoms with van der Waals surface area (Å²) in [6.45, 7) is 2.76. The number of aromatic nitrogens is 1. The van der Waals surface area contributed by atoms with Crippen molar-refractivity contribution in [3.8, 4) is 0 Å². The quantitative estimate of drug-likeness (QED) is 0.581. The number of fused-ring (bicyclic) bond motifs is 1. The number of anilines is 1. The van der Waals surface area contributed by atoms with Crippen LogP contribution in [0.5, 0.6) is 0 Å². The second-order valence-corrected chi connectivity index (χ2v) is 6.51. The van der Waals surface area contributed by atoms with E-state index in [2.05, 4.69) is 62.7 Å². The molecule has 1 heterocycles. The van der Waals surface area contributed by atoms with E-state index in [0.717, 1.165) is 15.7 Å². The highest BCUT2D eigenvalue weighted by Gasteiger charge is 2.01. The molecule has 0 fully saturated rings. The van der Waals surface area contributed by atoms with Crippen LogP contribution in [0.1, 0.15) is 11.3 Å². The summed E-state index contributed by atoms with van der Waals surface area (Å²) in [5, 5.41) is 8.25. The van der Waals surface area contributed by atoms with Crippen molar-refractivity contribution in [3.05, 3.63) is 64.3 Å². The Kier molecular flexibility index (Phi) is 4.45. The monoisotopic (exact) mass is 373 g/mol. The van der Waals surface area contributed by atoms with Gasteiger partial charge in [-0.25, -0.2) is 0 Å². The molecule has 2 aromatic carbocycles. The number of benzene rings is 2. The summed E-state index contributed by atoms with van der Waals surface area (Å²) in [6, 6.07) is 16.4. The summed E-state index contributed by atoms with van der Waals surface area (Å²) in [5.41, 5.74) is 4.51. The van der Waals surface area contributed by atoms with Crippen LogP contribution >= 0.6 is 28.1 Å². The van der Waals surface area contributed by atoms with Gasteiger partial charge in [0.1, 0.15) is 0 Å². The van der Waals surface area contributed by atoms with Gasteiger partial charge in [0.25, 0.3) is 0 Å². The number of nitrogens with one attached hydrogen (secondary N) is 3. The molecule has 0 atom stereocenters. The molecule has 0 aliphatic carbocycles. The minimum Gasteiger partial charge on any atom is -0.359 e. The third-order valence-electron chi connectivity index (χ3n) is 3.37. The van der Waals surface area contributed by atoms with Gasteiger partial charge in [0.15, 0.2) is 5.11 Å². The van der Waals surface area contributed by atoms with Crippen LogP contribution in [0.2, 0.25) is 0 Å². The summed E-state index contributed by atoms with van der Waals surface area (Å²) in [4.78, 5) is 3.33. The Labute approximate surface area is 143 Å². The molecule has 0 bridgehead atoms. The molecular formula is C17H16BrN3S. The van der Waals surface area contributed by atoms with Gasteiger partial charge < -0.3 is 15.6 Å². The normalized spacial score (nSPS) is 10.6. The zero-order valence-electron chi connectivity index (χ0n) is 12.1. The molecule has 0 unspecified atom stereocenters. The fraction of sp³-hybridized carbons (Fsp3) is 0.118. The number of aromatic amines is 1. The topological polar surface area (TPSA) is 39.8 Å². The summed E-state index contributed by atoms with van der Waals surface area (Å²) in [5.74, 6) is 0. The van der Waals surface area contributed by atoms with Crippen LogP contribution in [0.25, 0.3) is 10.9 Å². The minimum atomic E-state index is 0.618. The molecule has 0 spiro atoms. The van der Waals surface area contributed by atoms with Gasteiger partial charge in [0, 0.05) is 27.9 Å². The third-order valence-corrected chi connectivity index (χ3v) is 4.15. The minimum absolute atomic E-state index is 0.618. The molecule has 0 saturated carbocycles. The van der Waals surface area contributed by atoms with Crippen LogP contribution in [0.4, 0.5) is 5.69 Å². The van der Waals surface area contributed by atoms with E-state index in [0.29, 0.717) is 11.7 Å². The lowest BCUT2D eigenvalue weighted by Gasteiger charge is -2.10. The van der Waals surface area contributed by atoms with Crippen molar-refractivity contribution in [2.45, 2.75) is 13.5 Å². The zero-order valence-corrected chi connectivity index (χ0v) is 14.5. The molecule has 0 saturated heterocycles. The maximum Gasteiger partial charge on any atom is 0.171 e. The second kappa shape index (κ2) is 6.50. The molecule has 3 aromatic rings. The van der Waals surface area contributed by atoms with E-state index in [1.165, 1.54) is 16.6 Å². The first-order valence-electron chi connectivity index (χ1n) is 6.99. The lowest BCUT2D eigenvalue weighted by molar-refractivity contribution is 0.928. The number of aryl methyl sites for hydroxylation is 1. The van der Waals surface area contributed by atoms with Gasteiger partial charge in [0.05, 0.1) is 0 Å². The Morgan fingerprint density at radius 3 is 2.68 bits per heavy atom. The van der Waals surface area contributed by atoms with Gasteiger partial charge in [-0.3, -0.25) is 0 Å². The first kappa shape index (κ1) is 15.1. The number of thiocarbonyl (C=S) groups is 1. The largest absolute Gasteiger partial charge is 0.359 e. The Morgan fingerprint density at radius 1 is 1.14 bits per heavy atom. The molecular weight excluding hydrogens is 358 g/mol. The Morgan fingerprint density at radius 2 is 1.91 bits per heavy atom. The molecule has 0 amide bonds. The number of hydrogen-bond donors (Lipinski definition) is 3. The average molecular weight is 374 g/mol. The highest BCUT2D eigenvalue weighted by molar-refractivity contribution is 9.10. The van der Waals surface area contributed by atoms with E-state index in [1.807, 2.05) is 24.3 Å². The number of rotatable bonds is 3. The van der Waals surface area contributed by atoms with E-state index < -0.39 is 0 Å². The van der Waals surface area contributed by atoms with Gasteiger partial charge >= 0.3 is 0 Å². The maximum absolute atomic E-state index is 5.33. The standard InChI is InChI=1S/C17H16BrN3S/c1-11-8-13-9-12(2-7-16(13)20-11)10-19-17(22)21-15-5-3-14(18)4-6-15/h2-9,20H,10H2,1H3,(H2,19,21,22). The molecule has 5 heteroatoms. The van der Waals surface area contributed by atoms with Gasteiger partial charge in [0.2, 0.25) is 0 Å². The smallest absolute Gasteiger partial charge is 0.171 e. The van der Waals surface area contributed by atoms with Crippen LogP contribution in [0.3, 0.4) is 0 Å². The molecule has 0 aliphatic heterocycles. The summed E-state index contributed by atoms with van der Waals surface area (Å²) >= 11 is 8.74. The molecule has 3 rings (SSSR count). The first-order valence-corrected chi connectivity index (χ1v) is 8.19. The number of halogens is 1. The van der Waals surface area contributed by atoms with Crippen molar-refractivity contribution in [1.82, 2.24) is 10.3 Å². The van der Waals surface area contributed by atoms with E-state index in [-0.39, 0.29) is 0 Å². The molecule has 22 heavy (non-hydrogen) atoms. The summed E-state index contributed by atoms with van der Waals surface area (Å²) in [7, 11) is 0. The highest BCUT2D eigenvalue weighted by atomic mass is 79.9. The van der Waals surface area contributed by atoms with Gasteiger partial charge in [-0.1, -0.05) is 22.0 Å². The van der Waals surface area contributed by atoms with Crippen LogP contribution in [-0.4, -0.2) is 10.1 Å². The Hall–Kier alpha value is -1.85. The third kappa shape index (κ3) is 3.67. The van der Waals surface area contributed by atoms with Crippen molar-refractivity contribution in [1.29, 1.82) is 0 Å². The Balaban J connectivity index is 1.60. The lowest BCUT2D eigenvalue weighted by atomic mass is 10.1. The van der Waals surface area contributed by atoms with Crippen LogP contribution in [0, 0.1) is 6.92 Å². The van der Waals surface area contributed by atoms with E-state index in [1.54, 1.807) is 0 Å². The van der Waals surface area contributed by atoms with Crippen molar-refractivity contribution >= 4 is 49.9 Å². The molecule has 0 radical (unpaired) electrons. The number of H-pyrrole nitrogens is 1. The lowest BCUT2D eigenvalue weighted by Crippen LogP contribution is -2.27. The van der Waals surface area contributed by atoms with Gasteiger partial charge in [-0.15, -0.1) is 0 Å². The van der Waals surface area contributed by atoms with Crippen LogP contribution < -0.4 is 10.6 Å². The predicted octanol–water partition coefficient (Wildman–Crippen LogP) is 4.73. The summed E-state index contributed by atoms with van der Waals surface area (Å²) in [6.07, 6.45) is 0.